The number of benzene rings is 1. The van der Waals surface area contributed by atoms with Gasteiger partial charge >= 0.3 is 0 Å². The Hall–Kier alpha value is -2.39. The Morgan fingerprint density at radius 3 is 2.67 bits per heavy atom. The summed E-state index contributed by atoms with van der Waals surface area (Å²) in [4.78, 5) is 7.12. The van der Waals surface area contributed by atoms with Crippen molar-refractivity contribution in [3.05, 3.63) is 59.3 Å². The largest absolute Gasteiger partial charge is 0.472 e. The number of terminal acetylenes is 1. The second kappa shape index (κ2) is 8.03. The molecule has 1 aromatic carbocycles. The number of piperidine rings is 3. The number of aliphatic hydroxyl groups is 1. The van der Waals surface area contributed by atoms with Gasteiger partial charge < -0.3 is 14.6 Å². The molecule has 4 aliphatic rings. The van der Waals surface area contributed by atoms with Gasteiger partial charge in [-0.15, -0.1) is 6.42 Å². The number of fused-ring (bicyclic) bond motifs is 3. The van der Waals surface area contributed by atoms with Crippen molar-refractivity contribution in [2.75, 3.05) is 26.3 Å². The third-order valence-corrected chi connectivity index (χ3v) is 6.86. The summed E-state index contributed by atoms with van der Waals surface area (Å²) in [5.74, 6) is 3.62. The molecule has 0 saturated carbocycles. The van der Waals surface area contributed by atoms with Gasteiger partial charge in [0.15, 0.2) is 0 Å². The highest BCUT2D eigenvalue weighted by molar-refractivity contribution is 5.39. The number of pyridine rings is 1. The van der Waals surface area contributed by atoms with E-state index in [0.29, 0.717) is 18.9 Å². The van der Waals surface area contributed by atoms with E-state index >= 15 is 0 Å². The van der Waals surface area contributed by atoms with Crippen molar-refractivity contribution in [3.63, 3.8) is 0 Å². The molecule has 0 spiro atoms. The second-order valence-corrected chi connectivity index (χ2v) is 8.61. The molecule has 156 valence electrons. The van der Waals surface area contributed by atoms with Crippen molar-refractivity contribution < 1.29 is 14.6 Å². The number of hydrogen-bond donors (Lipinski definition) is 1. The fraction of sp³-hybridized carbons (Fsp3) is 0.480. The second-order valence-electron chi connectivity index (χ2n) is 8.61. The van der Waals surface area contributed by atoms with Gasteiger partial charge in [0, 0.05) is 24.5 Å². The molecule has 0 amide bonds. The molecule has 3 atom stereocenters. The van der Waals surface area contributed by atoms with E-state index in [1.165, 1.54) is 0 Å². The minimum Gasteiger partial charge on any atom is -0.472 e. The summed E-state index contributed by atoms with van der Waals surface area (Å²) in [5, 5.41) is 12.0. The lowest BCUT2D eigenvalue weighted by Gasteiger charge is -2.54. The number of hydrogen-bond acceptors (Lipinski definition) is 5. The third kappa shape index (κ3) is 3.39. The Kier molecular flexibility index (Phi) is 5.24. The van der Waals surface area contributed by atoms with Crippen molar-refractivity contribution in [3.8, 4) is 18.2 Å². The third-order valence-electron chi connectivity index (χ3n) is 6.86. The SMILES string of the molecule is C#CC1N2CCC(CC2)C1(O)c1ccc(OC2CCOC2)nc1Cc1ccccc1. The van der Waals surface area contributed by atoms with Crippen LogP contribution in [0.15, 0.2) is 42.5 Å². The Morgan fingerprint density at radius 1 is 1.17 bits per heavy atom. The average Bonchev–Trinajstić information content (AvgIpc) is 3.28. The van der Waals surface area contributed by atoms with Gasteiger partial charge in [0.2, 0.25) is 5.88 Å². The predicted octanol–water partition coefficient (Wildman–Crippen LogP) is 2.76. The number of nitrogens with zero attached hydrogens (tertiary/aromatic N) is 2. The van der Waals surface area contributed by atoms with Crippen molar-refractivity contribution in [2.45, 2.75) is 43.4 Å². The monoisotopic (exact) mass is 404 g/mol. The lowest BCUT2D eigenvalue weighted by molar-refractivity contribution is -0.143. The zero-order valence-electron chi connectivity index (χ0n) is 17.2. The molecular formula is C25H28N2O3. The maximum Gasteiger partial charge on any atom is 0.213 e. The first-order valence-electron chi connectivity index (χ1n) is 10.9. The first-order chi connectivity index (χ1) is 14.7. The molecule has 30 heavy (non-hydrogen) atoms. The van der Waals surface area contributed by atoms with Crippen LogP contribution < -0.4 is 4.74 Å². The lowest BCUT2D eigenvalue weighted by Crippen LogP contribution is -2.63. The maximum atomic E-state index is 12.0. The highest BCUT2D eigenvalue weighted by atomic mass is 16.5. The van der Waals surface area contributed by atoms with Crippen LogP contribution in [0.25, 0.3) is 0 Å². The van der Waals surface area contributed by atoms with E-state index in [9.17, 15) is 5.11 Å². The number of aromatic nitrogens is 1. The predicted molar refractivity (Wildman–Crippen MR) is 114 cm³/mol. The summed E-state index contributed by atoms with van der Waals surface area (Å²) < 4.78 is 11.5. The van der Waals surface area contributed by atoms with Gasteiger partial charge in [0.25, 0.3) is 0 Å². The van der Waals surface area contributed by atoms with E-state index < -0.39 is 5.60 Å². The quantitative estimate of drug-likeness (QED) is 0.777. The van der Waals surface area contributed by atoms with Gasteiger partial charge in [0.05, 0.1) is 18.9 Å². The molecule has 1 aromatic heterocycles. The van der Waals surface area contributed by atoms with Gasteiger partial charge in [-0.05, 0) is 43.5 Å². The molecule has 4 saturated heterocycles. The summed E-state index contributed by atoms with van der Waals surface area (Å²) in [7, 11) is 0. The van der Waals surface area contributed by atoms with Crippen molar-refractivity contribution in [1.82, 2.24) is 9.88 Å². The minimum absolute atomic E-state index is 0.0336. The summed E-state index contributed by atoms with van der Waals surface area (Å²) in [5.41, 5.74) is 1.75. The van der Waals surface area contributed by atoms with E-state index in [-0.39, 0.29) is 18.1 Å². The first-order valence-corrected chi connectivity index (χ1v) is 10.9. The molecule has 1 N–H and O–H groups in total. The van der Waals surface area contributed by atoms with Gasteiger partial charge in [-0.2, -0.15) is 0 Å². The zero-order valence-corrected chi connectivity index (χ0v) is 17.2. The van der Waals surface area contributed by atoms with Gasteiger partial charge in [0.1, 0.15) is 17.7 Å². The Balaban J connectivity index is 1.55. The molecule has 4 aliphatic heterocycles. The van der Waals surface area contributed by atoms with E-state index in [1.807, 2.05) is 30.3 Å². The smallest absolute Gasteiger partial charge is 0.213 e. The molecule has 2 aromatic rings. The zero-order chi connectivity index (χ0) is 20.6. The summed E-state index contributed by atoms with van der Waals surface area (Å²) >= 11 is 0. The molecule has 6 rings (SSSR count). The van der Waals surface area contributed by atoms with Crippen molar-refractivity contribution >= 4 is 0 Å². The van der Waals surface area contributed by atoms with Crippen LogP contribution in [0.3, 0.4) is 0 Å². The number of rotatable bonds is 5. The standard InChI is InChI=1S/C25H28N2O3/c1-2-23-25(28,19-10-13-27(23)14-11-19)21-8-9-24(30-20-12-15-29-17-20)26-22(21)16-18-6-4-3-5-7-18/h1,3-9,19-20,23,28H,10-17H2. The fourth-order valence-corrected chi connectivity index (χ4v) is 5.31. The topological polar surface area (TPSA) is 54.8 Å². The molecule has 2 bridgehead atoms. The van der Waals surface area contributed by atoms with Crippen molar-refractivity contribution in [1.29, 1.82) is 0 Å². The Labute approximate surface area is 178 Å². The minimum atomic E-state index is -1.09. The maximum absolute atomic E-state index is 12.0. The Morgan fingerprint density at radius 2 is 1.97 bits per heavy atom. The van der Waals surface area contributed by atoms with Crippen LogP contribution in [-0.4, -0.2) is 53.4 Å². The van der Waals surface area contributed by atoms with E-state index in [4.69, 9.17) is 20.9 Å². The molecule has 5 nitrogen and oxygen atoms in total. The summed E-state index contributed by atoms with van der Waals surface area (Å²) in [6.07, 6.45) is 9.38. The normalized spacial score (nSPS) is 32.7. The molecule has 0 radical (unpaired) electrons. The summed E-state index contributed by atoms with van der Waals surface area (Å²) in [6.45, 7) is 3.22. The number of ether oxygens (including phenoxy) is 2. The van der Waals surface area contributed by atoms with E-state index in [2.05, 4.69) is 23.0 Å². The van der Waals surface area contributed by atoms with Gasteiger partial charge in [-0.1, -0.05) is 36.3 Å². The fourth-order valence-electron chi connectivity index (χ4n) is 5.31. The van der Waals surface area contributed by atoms with Gasteiger partial charge in [-0.3, -0.25) is 4.90 Å². The first kappa shape index (κ1) is 19.6. The average molecular weight is 405 g/mol. The van der Waals surface area contributed by atoms with Gasteiger partial charge in [-0.25, -0.2) is 4.98 Å². The van der Waals surface area contributed by atoms with Crippen LogP contribution in [0.1, 0.15) is 36.1 Å². The van der Waals surface area contributed by atoms with E-state index in [0.717, 1.165) is 55.8 Å². The summed E-state index contributed by atoms with van der Waals surface area (Å²) in [6, 6.07) is 13.8. The van der Waals surface area contributed by atoms with Crippen LogP contribution in [0.2, 0.25) is 0 Å². The van der Waals surface area contributed by atoms with Crippen LogP contribution in [-0.2, 0) is 16.8 Å². The molecule has 5 heteroatoms. The molecule has 3 unspecified atom stereocenters. The van der Waals surface area contributed by atoms with E-state index in [1.54, 1.807) is 0 Å². The van der Waals surface area contributed by atoms with Crippen molar-refractivity contribution in [2.24, 2.45) is 5.92 Å². The lowest BCUT2D eigenvalue weighted by atomic mass is 9.66. The van der Waals surface area contributed by atoms with Crippen LogP contribution in [0.4, 0.5) is 0 Å². The molecule has 4 fully saturated rings. The Bertz CT molecular complexity index is 927. The molecule has 0 aliphatic carbocycles. The highest BCUT2D eigenvalue weighted by Gasteiger charge is 2.54. The van der Waals surface area contributed by atoms with Crippen LogP contribution >= 0.6 is 0 Å². The van der Waals surface area contributed by atoms with Crippen LogP contribution in [0, 0.1) is 18.3 Å². The van der Waals surface area contributed by atoms with Crippen LogP contribution in [0.5, 0.6) is 5.88 Å². The highest BCUT2D eigenvalue weighted by Crippen LogP contribution is 2.47. The molecule has 5 heterocycles. The molecular weight excluding hydrogens is 376 g/mol.